The Morgan fingerprint density at radius 3 is 0.865 bits per heavy atom. The van der Waals surface area contributed by atoms with Crippen LogP contribution in [0, 0.1) is 0 Å². The number of carbonyl (C=O) groups is 3. The quantitative estimate of drug-likeness (QED) is 0.0261. The lowest BCUT2D eigenvalue weighted by molar-refractivity contribution is -0.167. The van der Waals surface area contributed by atoms with E-state index >= 15 is 0 Å². The molecule has 1 atom stereocenters. The third-order valence-electron chi connectivity index (χ3n) is 13.0. The van der Waals surface area contributed by atoms with E-state index in [0.717, 1.165) is 148 Å². The van der Waals surface area contributed by atoms with Crippen LogP contribution in [0.4, 0.5) is 0 Å². The molecular formula is C68H114O6. The van der Waals surface area contributed by atoms with E-state index in [1.165, 1.54) is 96.3 Å². The molecule has 0 amide bonds. The molecule has 0 aromatic rings. The summed E-state index contributed by atoms with van der Waals surface area (Å²) in [5.41, 5.74) is 0. The average molecular weight is 1030 g/mol. The van der Waals surface area contributed by atoms with Gasteiger partial charge in [-0.15, -0.1) is 0 Å². The molecule has 6 nitrogen and oxygen atoms in total. The van der Waals surface area contributed by atoms with Crippen LogP contribution in [0.5, 0.6) is 0 Å². The van der Waals surface area contributed by atoms with Gasteiger partial charge in [-0.25, -0.2) is 0 Å². The molecule has 0 heterocycles. The Hall–Kier alpha value is -3.93. The van der Waals surface area contributed by atoms with Crippen molar-refractivity contribution in [2.24, 2.45) is 0 Å². The molecule has 0 aromatic carbocycles. The number of hydrogen-bond acceptors (Lipinski definition) is 6. The van der Waals surface area contributed by atoms with E-state index in [1.807, 2.05) is 0 Å². The van der Waals surface area contributed by atoms with Crippen molar-refractivity contribution in [3.63, 3.8) is 0 Å². The molecule has 0 aromatic heterocycles. The van der Waals surface area contributed by atoms with Gasteiger partial charge in [0.15, 0.2) is 6.10 Å². The minimum atomic E-state index is -0.797. The summed E-state index contributed by atoms with van der Waals surface area (Å²) in [4.78, 5) is 38.3. The summed E-state index contributed by atoms with van der Waals surface area (Å²) < 4.78 is 16.9. The minimum Gasteiger partial charge on any atom is -0.462 e. The van der Waals surface area contributed by atoms with Crippen LogP contribution in [0.25, 0.3) is 0 Å². The number of unbranched alkanes of at least 4 members (excludes halogenated alkanes) is 26. The largest absolute Gasteiger partial charge is 0.462 e. The van der Waals surface area contributed by atoms with E-state index in [4.69, 9.17) is 14.2 Å². The third-order valence-corrected chi connectivity index (χ3v) is 13.0. The highest BCUT2D eigenvalue weighted by atomic mass is 16.6. The molecule has 0 saturated carbocycles. The summed E-state index contributed by atoms with van der Waals surface area (Å²) in [6.07, 6.45) is 83.6. The molecule has 0 aliphatic rings. The van der Waals surface area contributed by atoms with E-state index in [9.17, 15) is 14.4 Å². The van der Waals surface area contributed by atoms with Crippen LogP contribution >= 0.6 is 0 Å². The van der Waals surface area contributed by atoms with Crippen LogP contribution in [0.2, 0.25) is 0 Å². The Bertz CT molecular complexity index is 1510. The second-order valence-electron chi connectivity index (χ2n) is 20.2. The molecule has 0 fully saturated rings. The second-order valence-corrected chi connectivity index (χ2v) is 20.2. The van der Waals surface area contributed by atoms with E-state index in [0.29, 0.717) is 19.3 Å². The van der Waals surface area contributed by atoms with Gasteiger partial charge in [-0.1, -0.05) is 246 Å². The first-order valence-corrected chi connectivity index (χ1v) is 30.9. The maximum Gasteiger partial charge on any atom is 0.306 e. The summed E-state index contributed by atoms with van der Waals surface area (Å²) in [6, 6.07) is 0. The lowest BCUT2D eigenvalue weighted by atomic mass is 10.1. The van der Waals surface area contributed by atoms with E-state index < -0.39 is 6.10 Å². The lowest BCUT2D eigenvalue weighted by Gasteiger charge is -2.18. The van der Waals surface area contributed by atoms with Gasteiger partial charge in [-0.3, -0.25) is 14.4 Å². The molecule has 0 aliphatic carbocycles. The predicted molar refractivity (Wildman–Crippen MR) is 320 cm³/mol. The molecule has 74 heavy (non-hydrogen) atoms. The van der Waals surface area contributed by atoms with E-state index in [1.54, 1.807) is 0 Å². The average Bonchev–Trinajstić information content (AvgIpc) is 3.40. The van der Waals surface area contributed by atoms with Crippen molar-refractivity contribution in [1.82, 2.24) is 0 Å². The summed E-state index contributed by atoms with van der Waals surface area (Å²) in [5, 5.41) is 0. The highest BCUT2D eigenvalue weighted by Crippen LogP contribution is 2.14. The van der Waals surface area contributed by atoms with Crippen molar-refractivity contribution in [2.75, 3.05) is 13.2 Å². The second kappa shape index (κ2) is 61.6. The van der Waals surface area contributed by atoms with Crippen molar-refractivity contribution in [1.29, 1.82) is 0 Å². The van der Waals surface area contributed by atoms with Crippen molar-refractivity contribution in [3.8, 4) is 0 Å². The molecule has 422 valence electrons. The molecule has 0 N–H and O–H groups in total. The molecule has 0 rings (SSSR count). The summed E-state index contributed by atoms with van der Waals surface area (Å²) >= 11 is 0. The van der Waals surface area contributed by atoms with Crippen molar-refractivity contribution < 1.29 is 28.6 Å². The van der Waals surface area contributed by atoms with Gasteiger partial charge in [-0.2, -0.15) is 0 Å². The topological polar surface area (TPSA) is 78.9 Å². The zero-order valence-electron chi connectivity index (χ0n) is 48.3. The molecule has 0 aliphatic heterocycles. The van der Waals surface area contributed by atoms with Crippen LogP contribution in [0.3, 0.4) is 0 Å². The first kappa shape index (κ1) is 70.1. The smallest absolute Gasteiger partial charge is 0.306 e. The number of carbonyl (C=O) groups excluding carboxylic acids is 3. The Morgan fingerprint density at radius 1 is 0.284 bits per heavy atom. The van der Waals surface area contributed by atoms with Crippen molar-refractivity contribution in [2.45, 2.75) is 290 Å². The monoisotopic (exact) mass is 1030 g/mol. The SMILES string of the molecule is CC/C=C\C/C=C\C/C=C\C/C=C\C/C=C\C/C=C\CCCCCCCCC(=O)OCC(COC(=O)CCCCCCC/C=C\C/C=C\CCCCC)OC(=O)CCCCCCC/C=C\CCCCCCCCC. The summed E-state index contributed by atoms with van der Waals surface area (Å²) in [6.45, 7) is 6.48. The van der Waals surface area contributed by atoms with Gasteiger partial charge in [0, 0.05) is 19.3 Å². The zero-order valence-corrected chi connectivity index (χ0v) is 48.3. The fraction of sp³-hybridized carbons (Fsp3) is 0.691. The van der Waals surface area contributed by atoms with Gasteiger partial charge in [-0.05, 0) is 128 Å². The van der Waals surface area contributed by atoms with Gasteiger partial charge in [0.1, 0.15) is 13.2 Å². The van der Waals surface area contributed by atoms with Crippen molar-refractivity contribution in [3.05, 3.63) is 109 Å². The first-order chi connectivity index (χ1) is 36.5. The number of allylic oxidation sites excluding steroid dienone is 18. The van der Waals surface area contributed by atoms with Crippen LogP contribution in [-0.2, 0) is 28.6 Å². The van der Waals surface area contributed by atoms with Gasteiger partial charge >= 0.3 is 17.9 Å². The lowest BCUT2D eigenvalue weighted by Crippen LogP contribution is -2.30. The number of hydrogen-bond donors (Lipinski definition) is 0. The number of rotatable bonds is 55. The Labute approximate surface area is 457 Å². The fourth-order valence-corrected chi connectivity index (χ4v) is 8.35. The molecule has 6 heteroatoms. The first-order valence-electron chi connectivity index (χ1n) is 30.9. The zero-order chi connectivity index (χ0) is 53.6. The summed E-state index contributed by atoms with van der Waals surface area (Å²) in [7, 11) is 0. The standard InChI is InChI=1S/C68H114O6/c1-4-7-10-13-16-19-22-25-28-30-31-32-33-34-35-36-37-38-41-43-46-49-52-55-58-61-67(70)73-64-65(63-72-66(69)60-57-54-51-48-45-42-39-27-24-21-18-15-12-9-6-3)74-68(71)62-59-56-53-50-47-44-40-29-26-23-20-17-14-11-8-5-2/h7,10,16,18-19,21,25,27-29,31-32,34-35,37-40,65H,4-6,8-9,11-15,17,20,22-24,26,30,33,36,41-64H2,1-3H3/b10-7-,19-16-,21-18-,28-25-,32-31-,35-34-,38-37-,39-27-,40-29-. The van der Waals surface area contributed by atoms with Crippen LogP contribution in [0.15, 0.2) is 109 Å². The van der Waals surface area contributed by atoms with Crippen molar-refractivity contribution >= 4 is 17.9 Å². The third kappa shape index (κ3) is 59.0. The highest BCUT2D eigenvalue weighted by molar-refractivity contribution is 5.71. The van der Waals surface area contributed by atoms with Crippen LogP contribution in [0.1, 0.15) is 284 Å². The predicted octanol–water partition coefficient (Wildman–Crippen LogP) is 21.0. The van der Waals surface area contributed by atoms with E-state index in [2.05, 4.69) is 130 Å². The van der Waals surface area contributed by atoms with Gasteiger partial charge in [0.05, 0.1) is 0 Å². The maximum absolute atomic E-state index is 12.9. The van der Waals surface area contributed by atoms with Crippen LogP contribution < -0.4 is 0 Å². The summed E-state index contributed by atoms with van der Waals surface area (Å²) in [5.74, 6) is -0.925. The Morgan fingerprint density at radius 2 is 0.527 bits per heavy atom. The van der Waals surface area contributed by atoms with E-state index in [-0.39, 0.29) is 31.1 Å². The molecular weight excluding hydrogens is 913 g/mol. The molecule has 0 saturated heterocycles. The Kier molecular flexibility index (Phi) is 58.3. The molecule has 0 radical (unpaired) electrons. The van der Waals surface area contributed by atoms with Gasteiger partial charge in [0.25, 0.3) is 0 Å². The normalized spacial score (nSPS) is 12.9. The Balaban J connectivity index is 4.41. The number of esters is 3. The minimum absolute atomic E-state index is 0.0941. The number of ether oxygens (including phenoxy) is 3. The van der Waals surface area contributed by atoms with Gasteiger partial charge < -0.3 is 14.2 Å². The molecule has 0 bridgehead atoms. The maximum atomic E-state index is 12.9. The molecule has 0 spiro atoms. The fourth-order valence-electron chi connectivity index (χ4n) is 8.35. The van der Waals surface area contributed by atoms with Crippen LogP contribution in [-0.4, -0.2) is 37.2 Å². The molecule has 1 unspecified atom stereocenters. The van der Waals surface area contributed by atoms with Gasteiger partial charge in [0.2, 0.25) is 0 Å². The highest BCUT2D eigenvalue weighted by Gasteiger charge is 2.19.